The third kappa shape index (κ3) is 2.67. The highest BCUT2D eigenvalue weighted by molar-refractivity contribution is 5.49. The van der Waals surface area contributed by atoms with Crippen LogP contribution in [0.3, 0.4) is 0 Å². The molecule has 2 aromatic rings. The predicted molar refractivity (Wildman–Crippen MR) is 78.5 cm³/mol. The van der Waals surface area contributed by atoms with Crippen LogP contribution in [0.4, 0.5) is 5.69 Å². The highest BCUT2D eigenvalue weighted by atomic mass is 16.5. The Labute approximate surface area is 123 Å². The van der Waals surface area contributed by atoms with E-state index in [-0.39, 0.29) is 0 Å². The molecule has 0 aromatic carbocycles. The maximum Gasteiger partial charge on any atom is 0.237 e. The molecule has 0 radical (unpaired) electrons. The third-order valence-electron chi connectivity index (χ3n) is 4.06. The molecular weight excluding hydrogens is 266 g/mol. The standard InChI is InChI=1S/C15H17N5O/c1-2-18-15(8-16-1)21-14-4-13(6-17-7-14)20-9-11-3-12(10-20)19-5-11/h1-2,4,6-8,11-12,19H,3,5,9-10H2. The second-order valence-electron chi connectivity index (χ2n) is 5.64. The number of aromatic nitrogens is 3. The van der Waals surface area contributed by atoms with E-state index in [1.807, 2.05) is 12.3 Å². The van der Waals surface area contributed by atoms with E-state index >= 15 is 0 Å². The van der Waals surface area contributed by atoms with E-state index < -0.39 is 0 Å². The Morgan fingerprint density at radius 3 is 3.00 bits per heavy atom. The van der Waals surface area contributed by atoms with E-state index in [4.69, 9.17) is 4.74 Å². The van der Waals surface area contributed by atoms with Crippen LogP contribution >= 0.6 is 0 Å². The molecule has 0 saturated carbocycles. The first-order valence-electron chi connectivity index (χ1n) is 7.24. The van der Waals surface area contributed by atoms with Crippen molar-refractivity contribution in [3.8, 4) is 11.6 Å². The Hall–Kier alpha value is -2.21. The van der Waals surface area contributed by atoms with Gasteiger partial charge in [-0.1, -0.05) is 0 Å². The average Bonchev–Trinajstić information content (AvgIpc) is 2.87. The second kappa shape index (κ2) is 5.29. The van der Waals surface area contributed by atoms with Gasteiger partial charge >= 0.3 is 0 Å². The maximum atomic E-state index is 5.70. The summed E-state index contributed by atoms with van der Waals surface area (Å²) in [6.07, 6.45) is 9.72. The highest BCUT2D eigenvalue weighted by Crippen LogP contribution is 2.29. The molecule has 4 heterocycles. The molecule has 6 heteroatoms. The van der Waals surface area contributed by atoms with Crippen LogP contribution in [0.5, 0.6) is 11.6 Å². The van der Waals surface area contributed by atoms with Gasteiger partial charge in [-0.15, -0.1) is 0 Å². The van der Waals surface area contributed by atoms with Crippen molar-refractivity contribution in [3.05, 3.63) is 37.1 Å². The van der Waals surface area contributed by atoms with Gasteiger partial charge in [0.2, 0.25) is 5.88 Å². The number of fused-ring (bicyclic) bond motifs is 2. The van der Waals surface area contributed by atoms with E-state index in [0.717, 1.165) is 31.2 Å². The van der Waals surface area contributed by atoms with Gasteiger partial charge in [0.25, 0.3) is 0 Å². The van der Waals surface area contributed by atoms with Crippen LogP contribution in [0.1, 0.15) is 6.42 Å². The van der Waals surface area contributed by atoms with Crippen molar-refractivity contribution in [2.75, 3.05) is 24.5 Å². The molecule has 2 bridgehead atoms. The third-order valence-corrected chi connectivity index (χ3v) is 4.06. The van der Waals surface area contributed by atoms with Gasteiger partial charge < -0.3 is 15.0 Å². The van der Waals surface area contributed by atoms with Gasteiger partial charge in [-0.2, -0.15) is 0 Å². The minimum absolute atomic E-state index is 0.483. The van der Waals surface area contributed by atoms with Crippen LogP contribution in [0.25, 0.3) is 0 Å². The number of anilines is 1. The molecule has 6 nitrogen and oxygen atoms in total. The molecule has 2 atom stereocenters. The number of nitrogens with one attached hydrogen (secondary N) is 1. The molecule has 2 fully saturated rings. The Morgan fingerprint density at radius 1 is 1.14 bits per heavy atom. The smallest absolute Gasteiger partial charge is 0.237 e. The van der Waals surface area contributed by atoms with Crippen molar-refractivity contribution < 1.29 is 4.74 Å². The fraction of sp³-hybridized carbons (Fsp3) is 0.400. The van der Waals surface area contributed by atoms with Gasteiger partial charge in [-0.3, -0.25) is 9.97 Å². The molecule has 0 aliphatic carbocycles. The molecule has 0 spiro atoms. The summed E-state index contributed by atoms with van der Waals surface area (Å²) in [5.74, 6) is 1.92. The van der Waals surface area contributed by atoms with Gasteiger partial charge in [0.05, 0.1) is 24.3 Å². The van der Waals surface area contributed by atoms with Crippen molar-refractivity contribution in [2.45, 2.75) is 12.5 Å². The molecule has 1 N–H and O–H groups in total. The minimum Gasteiger partial charge on any atom is -0.436 e. The number of hydrogen-bond donors (Lipinski definition) is 1. The van der Waals surface area contributed by atoms with E-state index in [2.05, 4.69) is 25.2 Å². The van der Waals surface area contributed by atoms with E-state index in [0.29, 0.717) is 17.7 Å². The van der Waals surface area contributed by atoms with Gasteiger partial charge in [0.1, 0.15) is 5.75 Å². The van der Waals surface area contributed by atoms with Crippen molar-refractivity contribution >= 4 is 5.69 Å². The summed E-state index contributed by atoms with van der Waals surface area (Å²) in [5, 5.41) is 3.56. The molecule has 2 aliphatic heterocycles. The number of rotatable bonds is 3. The molecule has 108 valence electrons. The zero-order valence-electron chi connectivity index (χ0n) is 11.6. The lowest BCUT2D eigenvalue weighted by Crippen LogP contribution is -2.41. The first-order valence-corrected chi connectivity index (χ1v) is 7.24. The summed E-state index contributed by atoms with van der Waals surface area (Å²) in [6.45, 7) is 3.25. The lowest BCUT2D eigenvalue weighted by Gasteiger charge is -2.32. The van der Waals surface area contributed by atoms with Crippen LogP contribution in [-0.2, 0) is 0 Å². The number of nitrogens with zero attached hydrogens (tertiary/aromatic N) is 4. The van der Waals surface area contributed by atoms with E-state index in [9.17, 15) is 0 Å². The monoisotopic (exact) mass is 283 g/mol. The van der Waals surface area contributed by atoms with Crippen molar-refractivity contribution in [1.82, 2.24) is 20.3 Å². The largest absolute Gasteiger partial charge is 0.436 e. The fourth-order valence-corrected chi connectivity index (χ4v) is 3.14. The van der Waals surface area contributed by atoms with Crippen LogP contribution in [-0.4, -0.2) is 40.6 Å². The summed E-state index contributed by atoms with van der Waals surface area (Å²) >= 11 is 0. The number of pyridine rings is 1. The normalized spacial score (nSPS) is 24.1. The van der Waals surface area contributed by atoms with Crippen LogP contribution in [0.2, 0.25) is 0 Å². The summed E-state index contributed by atoms with van der Waals surface area (Å²) < 4.78 is 5.70. The Kier molecular flexibility index (Phi) is 3.16. The SMILES string of the molecule is c1cnc(Oc2cncc(N3CC4CNC(C4)C3)c2)cn1. The lowest BCUT2D eigenvalue weighted by atomic mass is 10.00. The first kappa shape index (κ1) is 12.5. The molecule has 2 saturated heterocycles. The lowest BCUT2D eigenvalue weighted by molar-refractivity contribution is 0.454. The summed E-state index contributed by atoms with van der Waals surface area (Å²) in [5.41, 5.74) is 1.11. The maximum absolute atomic E-state index is 5.70. The Morgan fingerprint density at radius 2 is 2.14 bits per heavy atom. The first-order chi connectivity index (χ1) is 10.4. The Bertz CT molecular complexity index is 608. The second-order valence-corrected chi connectivity index (χ2v) is 5.64. The minimum atomic E-state index is 0.483. The Balaban J connectivity index is 1.53. The molecular formula is C15H17N5O. The highest BCUT2D eigenvalue weighted by Gasteiger charge is 2.32. The molecule has 4 rings (SSSR count). The number of piperidine rings is 1. The zero-order valence-corrected chi connectivity index (χ0v) is 11.6. The molecule has 2 aliphatic rings. The molecule has 21 heavy (non-hydrogen) atoms. The quantitative estimate of drug-likeness (QED) is 0.920. The van der Waals surface area contributed by atoms with Crippen molar-refractivity contribution in [2.24, 2.45) is 5.92 Å². The molecule has 0 amide bonds. The molecule has 2 aromatic heterocycles. The molecule has 2 unspecified atom stereocenters. The summed E-state index contributed by atoms with van der Waals surface area (Å²) in [4.78, 5) is 14.8. The average molecular weight is 283 g/mol. The number of ether oxygens (including phenoxy) is 1. The topological polar surface area (TPSA) is 63.2 Å². The summed E-state index contributed by atoms with van der Waals surface area (Å²) in [6, 6.07) is 2.63. The van der Waals surface area contributed by atoms with Gasteiger partial charge in [0, 0.05) is 44.1 Å². The van der Waals surface area contributed by atoms with Crippen LogP contribution < -0.4 is 15.0 Å². The van der Waals surface area contributed by atoms with E-state index in [1.165, 1.54) is 6.42 Å². The van der Waals surface area contributed by atoms with Crippen LogP contribution in [0, 0.1) is 5.92 Å². The fourth-order valence-electron chi connectivity index (χ4n) is 3.14. The summed E-state index contributed by atoms with van der Waals surface area (Å²) in [7, 11) is 0. The van der Waals surface area contributed by atoms with Crippen molar-refractivity contribution in [1.29, 1.82) is 0 Å². The number of hydrogen-bond acceptors (Lipinski definition) is 6. The van der Waals surface area contributed by atoms with Gasteiger partial charge in [-0.25, -0.2) is 4.98 Å². The zero-order chi connectivity index (χ0) is 14.1. The van der Waals surface area contributed by atoms with Gasteiger partial charge in [-0.05, 0) is 12.3 Å². The van der Waals surface area contributed by atoms with Crippen LogP contribution in [0.15, 0.2) is 37.1 Å². The van der Waals surface area contributed by atoms with Gasteiger partial charge in [0.15, 0.2) is 0 Å². The van der Waals surface area contributed by atoms with Crippen molar-refractivity contribution in [3.63, 3.8) is 0 Å². The predicted octanol–water partition coefficient (Wildman–Crippen LogP) is 1.46. The van der Waals surface area contributed by atoms with E-state index in [1.54, 1.807) is 24.8 Å².